The van der Waals surface area contributed by atoms with E-state index in [4.69, 9.17) is 28.5 Å². The van der Waals surface area contributed by atoms with Crippen molar-refractivity contribution in [2.75, 3.05) is 4.81 Å². The van der Waals surface area contributed by atoms with Crippen LogP contribution in [0.15, 0.2) is 188 Å². The van der Waals surface area contributed by atoms with Gasteiger partial charge in [0.25, 0.3) is 0 Å². The molecule has 9 heteroatoms. The quantitative estimate of drug-likeness (QED) is 0.112. The molecule has 0 saturated carbocycles. The summed E-state index contributed by atoms with van der Waals surface area (Å²) < 4.78 is 100. The van der Waals surface area contributed by atoms with Gasteiger partial charge in [-0.05, 0) is 18.6 Å². The van der Waals surface area contributed by atoms with Crippen LogP contribution in [-0.2, 0) is 19.4 Å². The van der Waals surface area contributed by atoms with Crippen molar-refractivity contribution in [3.05, 3.63) is 209 Å². The van der Waals surface area contributed by atoms with Crippen molar-refractivity contribution in [3.8, 4) is 67.6 Å². The molecule has 300 valence electrons. The van der Waals surface area contributed by atoms with E-state index in [0.717, 1.165) is 39.6 Å². The van der Waals surface area contributed by atoms with Crippen molar-refractivity contribution in [1.29, 1.82) is 0 Å². The third-order valence-corrected chi connectivity index (χ3v) is 11.8. The van der Waals surface area contributed by atoms with Crippen LogP contribution < -0.4 is 9.55 Å². The molecule has 11 rings (SSSR count). The molecule has 7 nitrogen and oxygen atoms in total. The molecule has 0 spiro atoms. The first-order chi connectivity index (χ1) is 34.6. The fourth-order valence-corrected chi connectivity index (χ4v) is 9.14. The summed E-state index contributed by atoms with van der Waals surface area (Å²) in [5, 5.41) is 5.07. The van der Waals surface area contributed by atoms with Crippen molar-refractivity contribution in [3.63, 3.8) is 0 Å². The van der Waals surface area contributed by atoms with Gasteiger partial charge in [-0.3, -0.25) is 0 Å². The molecule has 3 aromatic heterocycles. The Morgan fingerprint density at radius 3 is 2.02 bits per heavy atom. The first-order valence-corrected chi connectivity index (χ1v) is 20.9. The average molecular weight is 990 g/mol. The molecule has 0 radical (unpaired) electrons. The summed E-state index contributed by atoms with van der Waals surface area (Å²) in [6, 6.07) is 39.5. The van der Waals surface area contributed by atoms with Gasteiger partial charge in [0.15, 0.2) is 0 Å². The Labute approximate surface area is 385 Å². The van der Waals surface area contributed by atoms with Crippen molar-refractivity contribution in [2.24, 2.45) is 0 Å². The second-order valence-corrected chi connectivity index (χ2v) is 15.6. The molecule has 0 saturated heterocycles. The average Bonchev–Trinajstić information content (AvgIpc) is 3.97. The van der Waals surface area contributed by atoms with Crippen molar-refractivity contribution in [1.82, 2.24) is 23.8 Å². The number of ether oxygens (including phenoxy) is 1. The van der Waals surface area contributed by atoms with Crippen molar-refractivity contribution >= 4 is 29.5 Å². The zero-order valence-corrected chi connectivity index (χ0v) is 35.4. The summed E-state index contributed by atoms with van der Waals surface area (Å²) in [6.07, 6.45) is 1.78. The van der Waals surface area contributed by atoms with Gasteiger partial charge in [0, 0.05) is 11.8 Å². The number of aryl methyl sites for hydroxylation is 1. The summed E-state index contributed by atoms with van der Waals surface area (Å²) in [6.45, 7) is 3.81. The molecule has 0 unspecified atom stereocenters. The second-order valence-electron chi connectivity index (χ2n) is 14.6. The number of hydrogen-bond acceptors (Lipinski definition) is 4. The van der Waals surface area contributed by atoms with Crippen molar-refractivity contribution < 1.29 is 37.8 Å². The molecule has 0 amide bonds. The number of pyridine rings is 1. The molecule has 0 fully saturated rings. The molecule has 0 atom stereocenters. The number of hydrogen-bond donors (Lipinski definition) is 0. The predicted molar refractivity (Wildman–Crippen MR) is 246 cm³/mol. The minimum atomic E-state index is -0.568. The van der Waals surface area contributed by atoms with Crippen molar-refractivity contribution in [2.45, 2.75) is 13.7 Å². The van der Waals surface area contributed by atoms with E-state index in [9.17, 15) is 0 Å². The molecule has 10 aromatic rings. The van der Waals surface area contributed by atoms with Gasteiger partial charge in [0.2, 0.25) is 0 Å². The molecular weight excluding hydrogens is 943 g/mol. The zero-order valence-electron chi connectivity index (χ0n) is 43.1. The van der Waals surface area contributed by atoms with E-state index in [2.05, 4.69) is 49.2 Å². The van der Waals surface area contributed by atoms with E-state index in [-0.39, 0.29) is 34.9 Å². The number of aromatic nitrogens is 5. The van der Waals surface area contributed by atoms with Crippen LogP contribution in [0.2, 0.25) is 6.82 Å². The maximum atomic E-state index is 9.07. The monoisotopic (exact) mass is 989 g/mol. The summed E-state index contributed by atoms with van der Waals surface area (Å²) in [4.78, 5) is 6.87. The normalized spacial score (nSPS) is 14.3. The Morgan fingerprint density at radius 2 is 1.31 bits per heavy atom. The standard InChI is InChI=1S/C53H37BN6O.Pt/c1-37-30-31-55-52(32-37)59-50-34-43(28-29-46(50)51-35-47(56-60(51)54(59)2)40-20-10-5-11-21-40)61-42-23-14-22-41(33-42)57-36-58(49-27-13-12-26-48(49)57)53-44(38-16-6-3-7-17-38)24-15-25-45(53)39-18-8-4-9-19-39;/h3-32,35H,1-2H3;/q-2;/i3D,4D,6D,7D,8D,9D,16D,17D,18D,19D;. The third-order valence-electron chi connectivity index (χ3n) is 10.8. The topological polar surface area (TPSA) is 53.0 Å². The van der Waals surface area contributed by atoms with Crippen LogP contribution in [0.1, 0.15) is 19.3 Å². The molecule has 1 aliphatic rings. The number of rotatable bonds is 8. The summed E-state index contributed by atoms with van der Waals surface area (Å²) in [7, 11) is 0. The molecule has 7 aromatic carbocycles. The van der Waals surface area contributed by atoms with Gasteiger partial charge < -0.3 is 0 Å². The molecular formula is C53H37BN6OPt-2. The predicted octanol–water partition coefficient (Wildman–Crippen LogP) is 12.6. The number of anilines is 2. The number of benzene rings is 7. The summed E-state index contributed by atoms with van der Waals surface area (Å²) in [5.41, 5.74) is 7.57. The van der Waals surface area contributed by atoms with Crippen LogP contribution in [0.4, 0.5) is 11.5 Å². The van der Waals surface area contributed by atoms with Gasteiger partial charge in [-0.2, -0.15) is 5.10 Å². The van der Waals surface area contributed by atoms with Gasteiger partial charge in [-0.1, -0.05) is 30.3 Å². The van der Waals surface area contributed by atoms with Crippen LogP contribution in [0.3, 0.4) is 0 Å². The van der Waals surface area contributed by atoms with E-state index >= 15 is 0 Å². The van der Waals surface area contributed by atoms with E-state index in [1.807, 2.05) is 112 Å². The molecule has 62 heavy (non-hydrogen) atoms. The zero-order chi connectivity index (χ0) is 50.4. The molecule has 0 N–H and O–H groups in total. The van der Waals surface area contributed by atoms with Crippen LogP contribution in [0.5, 0.6) is 11.5 Å². The van der Waals surface area contributed by atoms with Gasteiger partial charge in [-0.15, -0.1) is 0 Å². The Kier molecular flexibility index (Phi) is 7.13. The van der Waals surface area contributed by atoms with Crippen LogP contribution in [0.25, 0.3) is 67.2 Å². The summed E-state index contributed by atoms with van der Waals surface area (Å²) in [5.74, 6) is 1.50. The van der Waals surface area contributed by atoms with Crippen LogP contribution >= 0.6 is 0 Å². The Hall–Kier alpha value is -7.28. The first-order valence-electron chi connectivity index (χ1n) is 24.7. The van der Waals surface area contributed by atoms with E-state index in [0.29, 0.717) is 32.0 Å². The first kappa shape index (κ1) is 28.3. The second kappa shape index (κ2) is 15.6. The number of para-hydroxylation sites is 3. The molecule has 0 aliphatic carbocycles. The minimum absolute atomic E-state index is 0.124. The van der Waals surface area contributed by atoms with Gasteiger partial charge in [0.05, 0.1) is 5.69 Å². The maximum absolute atomic E-state index is 9.07. The Morgan fingerprint density at radius 1 is 0.645 bits per heavy atom. The fourth-order valence-electron chi connectivity index (χ4n) is 8.06. The SMILES string of the molecule is [2H]c1c([2H])c([2H])c(-c2cccc(-c3c([2H])c([2H])c([2H])c([2H])c3[2H])c2-n2[c](=[Pt])n(-c3[c-]c(Oc4[c-]c5c(cc4)-c4cc(-c6ccccc6)nn4B(C)N5c4cc(C)ccn4)ccc3)c3ccccc32)c([2H])c1[2H]. The number of fused-ring (bicyclic) bond motifs is 4. The summed E-state index contributed by atoms with van der Waals surface area (Å²) >= 11 is 2.14. The van der Waals surface area contributed by atoms with E-state index in [1.165, 1.54) is 0 Å². The van der Waals surface area contributed by atoms with E-state index < -0.39 is 60.4 Å². The third kappa shape index (κ3) is 6.55. The van der Waals surface area contributed by atoms with Gasteiger partial charge in [0.1, 0.15) is 0 Å². The van der Waals surface area contributed by atoms with Gasteiger partial charge in [-0.25, -0.2) is 0 Å². The van der Waals surface area contributed by atoms with Gasteiger partial charge >= 0.3 is 315 Å². The Balaban J connectivity index is 1.08. The van der Waals surface area contributed by atoms with Crippen LogP contribution in [-0.4, -0.2) is 30.8 Å². The number of nitrogens with zero attached hydrogens (tertiary/aromatic N) is 6. The Bertz CT molecular complexity index is 3810. The van der Waals surface area contributed by atoms with Crippen LogP contribution in [0, 0.1) is 22.9 Å². The molecule has 1 aliphatic heterocycles. The number of imidazole rings is 1. The molecule has 4 heterocycles. The van der Waals surface area contributed by atoms with E-state index in [1.54, 1.807) is 30.5 Å². The fraction of sp³-hybridized carbons (Fsp3) is 0.0377. The molecule has 0 bridgehead atoms.